The topological polar surface area (TPSA) is 69.8 Å². The molecule has 80 valence electrons. The SMILES string of the molecule is Cc1cc(C#N)nc(SC(C)CCO)n1. The van der Waals surface area contributed by atoms with Gasteiger partial charge >= 0.3 is 0 Å². The maximum absolute atomic E-state index is 8.76. The van der Waals surface area contributed by atoms with Gasteiger partial charge in [-0.3, -0.25) is 0 Å². The van der Waals surface area contributed by atoms with Crippen LogP contribution < -0.4 is 0 Å². The van der Waals surface area contributed by atoms with Crippen molar-refractivity contribution in [2.24, 2.45) is 0 Å². The zero-order chi connectivity index (χ0) is 11.3. The summed E-state index contributed by atoms with van der Waals surface area (Å²) in [5, 5.41) is 18.4. The van der Waals surface area contributed by atoms with E-state index in [0.717, 1.165) is 5.69 Å². The van der Waals surface area contributed by atoms with Crippen molar-refractivity contribution in [3.05, 3.63) is 17.5 Å². The molecule has 0 aromatic carbocycles. The van der Waals surface area contributed by atoms with Crippen molar-refractivity contribution in [2.75, 3.05) is 6.61 Å². The fourth-order valence-electron chi connectivity index (χ4n) is 1.07. The second-order valence-corrected chi connectivity index (χ2v) is 4.64. The second-order valence-electron chi connectivity index (χ2n) is 3.23. The van der Waals surface area contributed by atoms with Crippen molar-refractivity contribution in [3.63, 3.8) is 0 Å². The van der Waals surface area contributed by atoms with Crippen LogP contribution in [0.2, 0.25) is 0 Å². The molecule has 0 radical (unpaired) electrons. The average molecular weight is 223 g/mol. The van der Waals surface area contributed by atoms with Gasteiger partial charge < -0.3 is 5.11 Å². The van der Waals surface area contributed by atoms with Crippen molar-refractivity contribution in [1.29, 1.82) is 5.26 Å². The van der Waals surface area contributed by atoms with E-state index in [1.54, 1.807) is 6.07 Å². The standard InChI is InChI=1S/C10H13N3OS/c1-7-5-9(6-11)13-10(12-7)15-8(2)3-4-14/h5,8,14H,3-4H2,1-2H3. The minimum atomic E-state index is 0.158. The molecule has 0 aliphatic rings. The largest absolute Gasteiger partial charge is 0.396 e. The molecule has 1 unspecified atom stereocenters. The molecule has 1 aromatic rings. The van der Waals surface area contributed by atoms with Crippen LogP contribution in [0.3, 0.4) is 0 Å². The van der Waals surface area contributed by atoms with E-state index in [9.17, 15) is 0 Å². The lowest BCUT2D eigenvalue weighted by molar-refractivity contribution is 0.289. The van der Waals surface area contributed by atoms with Gasteiger partial charge in [-0.05, 0) is 19.4 Å². The third kappa shape index (κ3) is 3.86. The monoisotopic (exact) mass is 223 g/mol. The number of aromatic nitrogens is 2. The molecule has 1 atom stereocenters. The number of hydrogen-bond acceptors (Lipinski definition) is 5. The average Bonchev–Trinajstić information content (AvgIpc) is 2.17. The Bertz CT molecular complexity index is 375. The normalized spacial score (nSPS) is 12.1. The van der Waals surface area contributed by atoms with Gasteiger partial charge in [-0.25, -0.2) is 9.97 Å². The lowest BCUT2D eigenvalue weighted by Crippen LogP contribution is -2.02. The summed E-state index contributed by atoms with van der Waals surface area (Å²) in [6.45, 7) is 3.99. The van der Waals surface area contributed by atoms with Crippen LogP contribution >= 0.6 is 11.8 Å². The minimum Gasteiger partial charge on any atom is -0.396 e. The highest BCUT2D eigenvalue weighted by Gasteiger charge is 2.08. The zero-order valence-corrected chi connectivity index (χ0v) is 9.58. The molecule has 0 aliphatic heterocycles. The quantitative estimate of drug-likeness (QED) is 0.619. The Morgan fingerprint density at radius 3 is 2.93 bits per heavy atom. The number of nitriles is 1. The van der Waals surface area contributed by atoms with Gasteiger partial charge in [0.2, 0.25) is 0 Å². The van der Waals surface area contributed by atoms with Gasteiger partial charge in [0.15, 0.2) is 5.16 Å². The third-order valence-corrected chi connectivity index (χ3v) is 2.82. The summed E-state index contributed by atoms with van der Waals surface area (Å²) in [5.41, 5.74) is 1.18. The molecule has 0 aliphatic carbocycles. The summed E-state index contributed by atoms with van der Waals surface area (Å²) in [7, 11) is 0. The van der Waals surface area contributed by atoms with Crippen molar-refractivity contribution < 1.29 is 5.11 Å². The van der Waals surface area contributed by atoms with E-state index < -0.39 is 0 Å². The summed E-state index contributed by atoms with van der Waals surface area (Å²) in [5.74, 6) is 0. The third-order valence-electron chi connectivity index (χ3n) is 1.79. The number of aliphatic hydroxyl groups is 1. The van der Waals surface area contributed by atoms with Crippen LogP contribution in [0.15, 0.2) is 11.2 Å². The Hall–Kier alpha value is -1.12. The predicted molar refractivity (Wildman–Crippen MR) is 58.5 cm³/mol. The van der Waals surface area contributed by atoms with Crippen LogP contribution in [0.1, 0.15) is 24.7 Å². The number of rotatable bonds is 4. The highest BCUT2D eigenvalue weighted by Crippen LogP contribution is 2.21. The predicted octanol–water partition coefficient (Wildman–Crippen LogP) is 1.52. The molecule has 1 N–H and O–H groups in total. The summed E-state index contributed by atoms with van der Waals surface area (Å²) >= 11 is 1.48. The molecular formula is C10H13N3OS. The first-order chi connectivity index (χ1) is 7.15. The molecule has 4 nitrogen and oxygen atoms in total. The Morgan fingerprint density at radius 1 is 1.60 bits per heavy atom. The number of aliphatic hydroxyl groups excluding tert-OH is 1. The first-order valence-corrected chi connectivity index (χ1v) is 5.57. The summed E-state index contributed by atoms with van der Waals surface area (Å²) < 4.78 is 0. The first-order valence-electron chi connectivity index (χ1n) is 4.69. The molecule has 1 heterocycles. The fraction of sp³-hybridized carbons (Fsp3) is 0.500. The molecule has 15 heavy (non-hydrogen) atoms. The second kappa shape index (κ2) is 5.69. The van der Waals surface area contributed by atoms with Crippen LogP contribution in [0.4, 0.5) is 0 Å². The molecule has 0 amide bonds. The maximum Gasteiger partial charge on any atom is 0.189 e. The van der Waals surface area contributed by atoms with E-state index in [2.05, 4.69) is 9.97 Å². The van der Waals surface area contributed by atoms with Gasteiger partial charge in [0.25, 0.3) is 0 Å². The van der Waals surface area contributed by atoms with Crippen LogP contribution in [0.25, 0.3) is 0 Å². The van der Waals surface area contributed by atoms with Gasteiger partial charge in [-0.1, -0.05) is 18.7 Å². The molecule has 0 spiro atoms. The molecule has 5 heteroatoms. The zero-order valence-electron chi connectivity index (χ0n) is 8.77. The number of nitrogens with zero attached hydrogens (tertiary/aromatic N) is 3. The molecule has 1 aromatic heterocycles. The van der Waals surface area contributed by atoms with Gasteiger partial charge in [0.05, 0.1) is 0 Å². The Balaban J connectivity index is 2.77. The van der Waals surface area contributed by atoms with E-state index >= 15 is 0 Å². The lowest BCUT2D eigenvalue weighted by Gasteiger charge is -2.07. The van der Waals surface area contributed by atoms with E-state index in [4.69, 9.17) is 10.4 Å². The van der Waals surface area contributed by atoms with Crippen molar-refractivity contribution >= 4 is 11.8 Å². The molecule has 1 rings (SSSR count). The molecule has 0 bridgehead atoms. The van der Waals surface area contributed by atoms with E-state index in [0.29, 0.717) is 17.3 Å². The van der Waals surface area contributed by atoms with Gasteiger partial charge in [-0.2, -0.15) is 5.26 Å². The Labute approximate surface area is 93.4 Å². The number of hydrogen-bond donors (Lipinski definition) is 1. The lowest BCUT2D eigenvalue weighted by atomic mass is 10.3. The summed E-state index contributed by atoms with van der Waals surface area (Å²) in [4.78, 5) is 8.31. The van der Waals surface area contributed by atoms with Crippen molar-refractivity contribution in [2.45, 2.75) is 30.7 Å². The minimum absolute atomic E-state index is 0.158. The molecule has 0 saturated heterocycles. The maximum atomic E-state index is 8.76. The molecule has 0 fully saturated rings. The fourth-order valence-corrected chi connectivity index (χ4v) is 2.00. The van der Waals surface area contributed by atoms with E-state index in [1.807, 2.05) is 19.9 Å². The summed E-state index contributed by atoms with van der Waals surface area (Å²) in [6.07, 6.45) is 0.698. The van der Waals surface area contributed by atoms with Crippen LogP contribution in [0.5, 0.6) is 0 Å². The van der Waals surface area contributed by atoms with Crippen molar-refractivity contribution in [3.8, 4) is 6.07 Å². The van der Waals surface area contributed by atoms with E-state index in [-0.39, 0.29) is 11.9 Å². The van der Waals surface area contributed by atoms with Crippen LogP contribution in [-0.4, -0.2) is 26.9 Å². The van der Waals surface area contributed by atoms with Gasteiger partial charge in [-0.15, -0.1) is 0 Å². The van der Waals surface area contributed by atoms with E-state index in [1.165, 1.54) is 11.8 Å². The Kier molecular flexibility index (Phi) is 4.53. The highest BCUT2D eigenvalue weighted by atomic mass is 32.2. The van der Waals surface area contributed by atoms with Gasteiger partial charge in [0.1, 0.15) is 11.8 Å². The Morgan fingerprint density at radius 2 is 2.33 bits per heavy atom. The van der Waals surface area contributed by atoms with Gasteiger partial charge in [0, 0.05) is 17.6 Å². The first kappa shape index (κ1) is 12.0. The molecule has 0 saturated carbocycles. The summed E-state index contributed by atoms with van der Waals surface area (Å²) in [6, 6.07) is 3.65. The highest BCUT2D eigenvalue weighted by molar-refractivity contribution is 7.99. The smallest absolute Gasteiger partial charge is 0.189 e. The number of thioether (sulfide) groups is 1. The van der Waals surface area contributed by atoms with Crippen LogP contribution in [-0.2, 0) is 0 Å². The van der Waals surface area contributed by atoms with Crippen molar-refractivity contribution in [1.82, 2.24) is 9.97 Å². The van der Waals surface area contributed by atoms with Crippen LogP contribution in [0, 0.1) is 18.3 Å². The number of aryl methyl sites for hydroxylation is 1. The molecular weight excluding hydrogens is 210 g/mol.